The Morgan fingerprint density at radius 3 is 2.44 bits per heavy atom. The average Bonchev–Trinajstić information content (AvgIpc) is 2.15. The van der Waals surface area contributed by atoms with Gasteiger partial charge in [-0.15, -0.1) is 0 Å². The molecule has 0 bridgehead atoms. The minimum Gasteiger partial charge on any atom is -0.428 e. The molecular formula is C5H3NO3. The quantitative estimate of drug-likeness (QED) is 0.296. The fourth-order valence-corrected chi connectivity index (χ4v) is 0.441. The van der Waals surface area contributed by atoms with Gasteiger partial charge < -0.3 is 10.1 Å². The number of rotatable bonds is 1. The highest BCUT2D eigenvalue weighted by Gasteiger charge is 2.24. The van der Waals surface area contributed by atoms with Gasteiger partial charge in [0.05, 0.1) is 5.57 Å². The maximum Gasteiger partial charge on any atom is 0.384 e. The van der Waals surface area contributed by atoms with Gasteiger partial charge in [0, 0.05) is 6.21 Å². The van der Waals surface area contributed by atoms with Crippen LogP contribution in [-0.4, -0.2) is 18.0 Å². The number of ether oxygens (including phenoxy) is 1. The smallest absolute Gasteiger partial charge is 0.384 e. The molecule has 0 radical (unpaired) electrons. The summed E-state index contributed by atoms with van der Waals surface area (Å²) in [5, 5.41) is 6.57. The maximum atomic E-state index is 10.4. The van der Waals surface area contributed by atoms with Crippen molar-refractivity contribution in [3.05, 3.63) is 11.8 Å². The predicted octanol–water partition coefficient (Wildman–Crippen LogP) is -0.354. The van der Waals surface area contributed by atoms with Crippen LogP contribution in [0.1, 0.15) is 0 Å². The topological polar surface area (TPSA) is 67.2 Å². The molecule has 0 aliphatic carbocycles. The minimum absolute atomic E-state index is 0.000000000000000222. The number of hydrogen-bond donors (Lipinski definition) is 1. The van der Waals surface area contributed by atoms with Gasteiger partial charge in [-0.3, -0.25) is 4.79 Å². The van der Waals surface area contributed by atoms with Crippen LogP contribution in [0.4, 0.5) is 0 Å². The Balaban J connectivity index is 2.90. The Morgan fingerprint density at radius 1 is 1.56 bits per heavy atom. The van der Waals surface area contributed by atoms with Gasteiger partial charge in [-0.1, -0.05) is 0 Å². The molecule has 46 valence electrons. The van der Waals surface area contributed by atoms with Gasteiger partial charge in [0.2, 0.25) is 0 Å². The van der Waals surface area contributed by atoms with Crippen LogP contribution in [0.5, 0.6) is 0 Å². The highest BCUT2D eigenvalue weighted by Crippen LogP contribution is 2.03. The van der Waals surface area contributed by atoms with Crippen LogP contribution in [0.15, 0.2) is 11.8 Å². The molecule has 1 N–H and O–H groups in total. The average molecular weight is 125 g/mol. The van der Waals surface area contributed by atoms with Crippen molar-refractivity contribution in [2.75, 3.05) is 0 Å². The molecule has 9 heavy (non-hydrogen) atoms. The molecule has 0 aromatic rings. The van der Waals surface area contributed by atoms with Crippen LogP contribution in [0.25, 0.3) is 0 Å². The standard InChI is InChI=1S/C5H3NO3/c6-1-3-2-9-5(8)4(3)7/h1-2,6H. The van der Waals surface area contributed by atoms with E-state index in [1.165, 1.54) is 0 Å². The first-order chi connectivity index (χ1) is 4.25. The summed E-state index contributed by atoms with van der Waals surface area (Å²) in [4.78, 5) is 20.7. The van der Waals surface area contributed by atoms with Gasteiger partial charge in [-0.25, -0.2) is 4.79 Å². The Bertz CT molecular complexity index is 216. The van der Waals surface area contributed by atoms with Crippen LogP contribution in [0.3, 0.4) is 0 Å². The summed E-state index contributed by atoms with van der Waals surface area (Å²) < 4.78 is 4.17. The summed E-state index contributed by atoms with van der Waals surface area (Å²) in [6, 6.07) is 0. The van der Waals surface area contributed by atoms with Crippen LogP contribution in [0, 0.1) is 5.41 Å². The van der Waals surface area contributed by atoms with Crippen molar-refractivity contribution in [1.82, 2.24) is 0 Å². The molecule has 0 spiro atoms. The molecule has 0 aromatic heterocycles. The molecule has 1 rings (SSSR count). The SMILES string of the molecule is N=CC1=COC(=O)C1=O. The Morgan fingerprint density at radius 2 is 2.22 bits per heavy atom. The normalized spacial score (nSPS) is 17.1. The third-order valence-electron chi connectivity index (χ3n) is 0.896. The number of nitrogens with one attached hydrogen (secondary N) is 1. The van der Waals surface area contributed by atoms with Crippen molar-refractivity contribution in [1.29, 1.82) is 5.41 Å². The summed E-state index contributed by atoms with van der Waals surface area (Å²) in [5.41, 5.74) is 0.000000000000000222. The van der Waals surface area contributed by atoms with Gasteiger partial charge in [-0.05, 0) is 0 Å². The summed E-state index contributed by atoms with van der Waals surface area (Å²) in [7, 11) is 0. The second kappa shape index (κ2) is 1.81. The summed E-state index contributed by atoms with van der Waals surface area (Å²) in [6.45, 7) is 0. The third kappa shape index (κ3) is 0.739. The van der Waals surface area contributed by atoms with Gasteiger partial charge in [0.15, 0.2) is 0 Å². The number of cyclic esters (lactones) is 1. The van der Waals surface area contributed by atoms with E-state index in [0.29, 0.717) is 0 Å². The third-order valence-corrected chi connectivity index (χ3v) is 0.896. The molecule has 0 unspecified atom stereocenters. The highest BCUT2D eigenvalue weighted by atomic mass is 16.5. The molecule has 1 aliphatic rings. The molecule has 0 amide bonds. The van der Waals surface area contributed by atoms with Gasteiger partial charge in [0.25, 0.3) is 5.78 Å². The first-order valence-electron chi connectivity index (χ1n) is 2.21. The lowest BCUT2D eigenvalue weighted by molar-refractivity contribution is -0.145. The van der Waals surface area contributed by atoms with E-state index in [1.807, 2.05) is 0 Å². The molecule has 1 aliphatic heterocycles. The first kappa shape index (κ1) is 5.68. The lowest BCUT2D eigenvalue weighted by atomic mass is 10.2. The monoisotopic (exact) mass is 125 g/mol. The van der Waals surface area contributed by atoms with Crippen molar-refractivity contribution < 1.29 is 14.3 Å². The van der Waals surface area contributed by atoms with E-state index >= 15 is 0 Å². The number of ketones is 1. The summed E-state index contributed by atoms with van der Waals surface area (Å²) >= 11 is 0. The van der Waals surface area contributed by atoms with Crippen LogP contribution in [-0.2, 0) is 14.3 Å². The highest BCUT2D eigenvalue weighted by molar-refractivity contribution is 6.47. The molecule has 0 aromatic carbocycles. The number of carbonyl (C=O) groups excluding carboxylic acids is 2. The second-order valence-corrected chi connectivity index (χ2v) is 1.45. The lowest BCUT2D eigenvalue weighted by Gasteiger charge is -1.79. The van der Waals surface area contributed by atoms with Gasteiger partial charge in [0.1, 0.15) is 6.26 Å². The molecular weight excluding hydrogens is 122 g/mol. The number of hydrogen-bond acceptors (Lipinski definition) is 4. The van der Waals surface area contributed by atoms with Crippen molar-refractivity contribution in [2.45, 2.75) is 0 Å². The van der Waals surface area contributed by atoms with E-state index in [9.17, 15) is 9.59 Å². The van der Waals surface area contributed by atoms with Gasteiger partial charge in [-0.2, -0.15) is 0 Å². The predicted molar refractivity (Wildman–Crippen MR) is 28.0 cm³/mol. The zero-order valence-corrected chi connectivity index (χ0v) is 4.38. The van der Waals surface area contributed by atoms with Crippen molar-refractivity contribution >= 4 is 18.0 Å². The summed E-state index contributed by atoms with van der Waals surface area (Å²) in [5.74, 6) is -1.65. The molecule has 0 fully saturated rings. The van der Waals surface area contributed by atoms with Crippen LogP contribution < -0.4 is 0 Å². The summed E-state index contributed by atoms with van der Waals surface area (Å²) in [6.07, 6.45) is 1.75. The zero-order valence-electron chi connectivity index (χ0n) is 4.38. The van der Waals surface area contributed by atoms with E-state index in [-0.39, 0.29) is 5.57 Å². The van der Waals surface area contributed by atoms with Crippen molar-refractivity contribution in [2.24, 2.45) is 0 Å². The van der Waals surface area contributed by atoms with E-state index in [0.717, 1.165) is 12.5 Å². The fraction of sp³-hybridized carbons (Fsp3) is 0. The van der Waals surface area contributed by atoms with E-state index < -0.39 is 11.8 Å². The van der Waals surface area contributed by atoms with E-state index in [1.54, 1.807) is 0 Å². The van der Waals surface area contributed by atoms with E-state index in [4.69, 9.17) is 5.41 Å². The molecule has 4 heteroatoms. The largest absolute Gasteiger partial charge is 0.428 e. The maximum absolute atomic E-state index is 10.4. The van der Waals surface area contributed by atoms with Crippen LogP contribution in [0.2, 0.25) is 0 Å². The van der Waals surface area contributed by atoms with Crippen molar-refractivity contribution in [3.8, 4) is 0 Å². The Labute approximate surface area is 50.6 Å². The molecule has 1 heterocycles. The Kier molecular flexibility index (Phi) is 1.14. The molecule has 0 saturated carbocycles. The lowest BCUT2D eigenvalue weighted by Crippen LogP contribution is -2.09. The number of carbonyl (C=O) groups is 2. The minimum atomic E-state index is -0.909. The number of Topliss-reactive ketones (excluding diaryl/α,β-unsaturated/α-hetero) is 1. The van der Waals surface area contributed by atoms with Crippen molar-refractivity contribution in [3.63, 3.8) is 0 Å². The first-order valence-corrected chi connectivity index (χ1v) is 2.21. The molecule has 4 nitrogen and oxygen atoms in total. The van der Waals surface area contributed by atoms with Gasteiger partial charge >= 0.3 is 5.97 Å². The second-order valence-electron chi connectivity index (χ2n) is 1.45. The zero-order chi connectivity index (χ0) is 6.85. The molecule has 0 saturated heterocycles. The molecule has 0 atom stereocenters. The fourth-order valence-electron chi connectivity index (χ4n) is 0.441. The number of esters is 1. The van der Waals surface area contributed by atoms with E-state index in [2.05, 4.69) is 4.74 Å². The van der Waals surface area contributed by atoms with Crippen LogP contribution >= 0.6 is 0 Å². The Hall–Kier alpha value is -1.45.